The third kappa shape index (κ3) is 3.92. The lowest BCUT2D eigenvalue weighted by molar-refractivity contribution is -0.144. The van der Waals surface area contributed by atoms with Crippen molar-refractivity contribution in [1.29, 1.82) is 0 Å². The molecule has 0 unspecified atom stereocenters. The Labute approximate surface area is 102 Å². The van der Waals surface area contributed by atoms with Crippen LogP contribution in [0.4, 0.5) is 26.3 Å². The van der Waals surface area contributed by atoms with Gasteiger partial charge in [0, 0.05) is 0 Å². The minimum atomic E-state index is -4.76. The molecule has 0 nitrogen and oxygen atoms in total. The van der Waals surface area contributed by atoms with Gasteiger partial charge in [0.05, 0.1) is 11.1 Å². The topological polar surface area (TPSA) is 0 Å². The van der Waals surface area contributed by atoms with E-state index in [2.05, 4.69) is 0 Å². The minimum Gasteiger partial charge on any atom is -0.166 e. The molecule has 1 rings (SSSR count). The molecule has 0 N–H and O–H groups in total. The molecule has 6 heteroatoms. The van der Waals surface area contributed by atoms with Crippen molar-refractivity contribution in [2.45, 2.75) is 39.5 Å². The standard InChI is InChI=1S/C10H8F6.C2H6/c1-2-6-7(9(11,12)13)4-3-5-8(6)10(14,15)16;1-2/h3-5H,2H2,1H3;1-2H3. The van der Waals surface area contributed by atoms with Crippen LogP contribution >= 0.6 is 0 Å². The monoisotopic (exact) mass is 272 g/mol. The summed E-state index contributed by atoms with van der Waals surface area (Å²) >= 11 is 0. The molecule has 0 fully saturated rings. The van der Waals surface area contributed by atoms with Gasteiger partial charge < -0.3 is 0 Å². The minimum absolute atomic E-state index is 0.315. The van der Waals surface area contributed by atoms with Gasteiger partial charge in [0.2, 0.25) is 0 Å². The van der Waals surface area contributed by atoms with E-state index >= 15 is 0 Å². The molecular formula is C12H14F6. The van der Waals surface area contributed by atoms with Crippen molar-refractivity contribution in [3.8, 4) is 0 Å². The lowest BCUT2D eigenvalue weighted by atomic mass is 9.98. The molecule has 0 saturated heterocycles. The normalized spacial score (nSPS) is 11.8. The Hall–Kier alpha value is -1.20. The van der Waals surface area contributed by atoms with Gasteiger partial charge in [-0.1, -0.05) is 26.8 Å². The molecule has 0 aliphatic rings. The first-order chi connectivity index (χ1) is 8.18. The van der Waals surface area contributed by atoms with Crippen molar-refractivity contribution < 1.29 is 26.3 Å². The van der Waals surface area contributed by atoms with E-state index in [1.807, 2.05) is 13.8 Å². The van der Waals surface area contributed by atoms with Crippen LogP contribution in [0.5, 0.6) is 0 Å². The molecule has 0 heterocycles. The zero-order valence-corrected chi connectivity index (χ0v) is 10.2. The lowest BCUT2D eigenvalue weighted by Gasteiger charge is -2.17. The van der Waals surface area contributed by atoms with Gasteiger partial charge in [-0.05, 0) is 24.1 Å². The van der Waals surface area contributed by atoms with Gasteiger partial charge in [0.15, 0.2) is 0 Å². The van der Waals surface area contributed by atoms with E-state index in [9.17, 15) is 26.3 Å². The molecule has 1 aromatic rings. The van der Waals surface area contributed by atoms with Crippen LogP contribution < -0.4 is 0 Å². The summed E-state index contributed by atoms with van der Waals surface area (Å²) in [4.78, 5) is 0. The maximum Gasteiger partial charge on any atom is 0.416 e. The van der Waals surface area contributed by atoms with E-state index in [0.29, 0.717) is 12.1 Å². The van der Waals surface area contributed by atoms with Crippen molar-refractivity contribution in [1.82, 2.24) is 0 Å². The van der Waals surface area contributed by atoms with Gasteiger partial charge in [-0.3, -0.25) is 0 Å². The highest BCUT2D eigenvalue weighted by Gasteiger charge is 2.39. The molecule has 1 aromatic carbocycles. The Balaban J connectivity index is 0.00000137. The Morgan fingerprint density at radius 2 is 1.17 bits per heavy atom. The van der Waals surface area contributed by atoms with Gasteiger partial charge >= 0.3 is 12.4 Å². The number of rotatable bonds is 1. The van der Waals surface area contributed by atoms with Gasteiger partial charge in [-0.25, -0.2) is 0 Å². The number of halogens is 6. The molecule has 0 spiro atoms. The summed E-state index contributed by atoms with van der Waals surface area (Å²) in [6.45, 7) is 5.26. The zero-order valence-electron chi connectivity index (χ0n) is 10.2. The smallest absolute Gasteiger partial charge is 0.166 e. The summed E-state index contributed by atoms with van der Waals surface area (Å²) in [6, 6.07) is 2.09. The fourth-order valence-corrected chi connectivity index (χ4v) is 1.50. The van der Waals surface area contributed by atoms with Crippen LogP contribution in [-0.2, 0) is 18.8 Å². The Morgan fingerprint density at radius 1 is 0.833 bits per heavy atom. The zero-order chi connectivity index (χ0) is 14.6. The first-order valence-electron chi connectivity index (χ1n) is 5.44. The van der Waals surface area contributed by atoms with Crippen LogP contribution in [0.15, 0.2) is 18.2 Å². The molecule has 0 aliphatic carbocycles. The quantitative estimate of drug-likeness (QED) is 0.607. The maximum absolute atomic E-state index is 12.4. The molecule has 18 heavy (non-hydrogen) atoms. The van der Waals surface area contributed by atoms with Gasteiger partial charge in [-0.15, -0.1) is 0 Å². The number of alkyl halides is 6. The molecular weight excluding hydrogens is 258 g/mol. The largest absolute Gasteiger partial charge is 0.416 e. The Morgan fingerprint density at radius 3 is 1.39 bits per heavy atom. The molecule has 0 saturated carbocycles. The molecule has 0 amide bonds. The first-order valence-corrected chi connectivity index (χ1v) is 5.44. The summed E-state index contributed by atoms with van der Waals surface area (Å²) in [5.41, 5.74) is -3.14. The molecule has 0 atom stereocenters. The van der Waals surface area contributed by atoms with E-state index in [-0.39, 0.29) is 6.42 Å². The Kier molecular flexibility index (Phi) is 5.70. The summed E-state index contributed by atoms with van der Waals surface area (Å²) in [6.07, 6.45) is -9.83. The summed E-state index contributed by atoms with van der Waals surface area (Å²) in [5, 5.41) is 0. The highest BCUT2D eigenvalue weighted by Crippen LogP contribution is 2.39. The summed E-state index contributed by atoms with van der Waals surface area (Å²) in [5.74, 6) is 0. The molecule has 104 valence electrons. The SMILES string of the molecule is CC.CCc1c(C(F)(F)F)cccc1C(F)(F)F. The third-order valence-electron chi connectivity index (χ3n) is 2.14. The average Bonchev–Trinajstić information content (AvgIpc) is 2.28. The van der Waals surface area contributed by atoms with Crippen LogP contribution in [0.1, 0.15) is 37.5 Å². The Bertz CT molecular complexity index is 343. The fraction of sp³-hybridized carbons (Fsp3) is 0.500. The van der Waals surface area contributed by atoms with E-state index in [4.69, 9.17) is 0 Å². The average molecular weight is 272 g/mol. The second kappa shape index (κ2) is 6.11. The third-order valence-corrected chi connectivity index (χ3v) is 2.14. The van der Waals surface area contributed by atoms with E-state index < -0.39 is 29.0 Å². The second-order valence-electron chi connectivity index (χ2n) is 3.18. The molecule has 0 radical (unpaired) electrons. The van der Waals surface area contributed by atoms with E-state index in [0.717, 1.165) is 6.07 Å². The van der Waals surface area contributed by atoms with Gasteiger partial charge in [0.1, 0.15) is 0 Å². The number of hydrogen-bond donors (Lipinski definition) is 0. The van der Waals surface area contributed by atoms with Crippen molar-refractivity contribution in [2.75, 3.05) is 0 Å². The highest BCUT2D eigenvalue weighted by molar-refractivity contribution is 5.38. The number of benzene rings is 1. The van der Waals surface area contributed by atoms with Crippen LogP contribution in [0.3, 0.4) is 0 Å². The predicted molar refractivity (Wildman–Crippen MR) is 57.2 cm³/mol. The van der Waals surface area contributed by atoms with Gasteiger partial charge in [-0.2, -0.15) is 26.3 Å². The predicted octanol–water partition coefficient (Wildman–Crippen LogP) is 5.31. The number of hydrogen-bond acceptors (Lipinski definition) is 0. The molecule has 0 aliphatic heterocycles. The highest BCUT2D eigenvalue weighted by atomic mass is 19.4. The van der Waals surface area contributed by atoms with Crippen molar-refractivity contribution in [3.05, 3.63) is 34.9 Å². The van der Waals surface area contributed by atoms with Crippen LogP contribution in [0.25, 0.3) is 0 Å². The molecule has 0 aromatic heterocycles. The van der Waals surface area contributed by atoms with Crippen LogP contribution in [0.2, 0.25) is 0 Å². The lowest BCUT2D eigenvalue weighted by Crippen LogP contribution is -2.15. The molecule has 0 bridgehead atoms. The van der Waals surface area contributed by atoms with Crippen molar-refractivity contribution in [3.63, 3.8) is 0 Å². The fourth-order valence-electron chi connectivity index (χ4n) is 1.50. The van der Waals surface area contributed by atoms with Crippen LogP contribution in [0, 0.1) is 0 Å². The first kappa shape index (κ1) is 16.8. The van der Waals surface area contributed by atoms with Crippen LogP contribution in [-0.4, -0.2) is 0 Å². The van der Waals surface area contributed by atoms with E-state index in [1.54, 1.807) is 0 Å². The van der Waals surface area contributed by atoms with Gasteiger partial charge in [0.25, 0.3) is 0 Å². The summed E-state index contributed by atoms with van der Waals surface area (Å²) in [7, 11) is 0. The maximum atomic E-state index is 12.4. The summed E-state index contributed by atoms with van der Waals surface area (Å²) < 4.78 is 74.6. The second-order valence-corrected chi connectivity index (χ2v) is 3.18. The van der Waals surface area contributed by atoms with Crippen molar-refractivity contribution in [2.24, 2.45) is 0 Å². The van der Waals surface area contributed by atoms with E-state index in [1.165, 1.54) is 6.92 Å². The van der Waals surface area contributed by atoms with Crippen molar-refractivity contribution >= 4 is 0 Å².